The van der Waals surface area contributed by atoms with Gasteiger partial charge in [-0.15, -0.1) is 0 Å². The number of aromatic nitrogens is 2. The highest BCUT2D eigenvalue weighted by Crippen LogP contribution is 2.35. The second-order valence-corrected chi connectivity index (χ2v) is 8.35. The minimum atomic E-state index is -0.559. The van der Waals surface area contributed by atoms with E-state index in [2.05, 4.69) is 10.1 Å². The summed E-state index contributed by atoms with van der Waals surface area (Å²) < 4.78 is 23.3. The number of rotatable bonds is 6. The Morgan fingerprint density at radius 1 is 1.03 bits per heavy atom. The quantitative estimate of drug-likeness (QED) is 0.171. The maximum atomic E-state index is 13.5. The van der Waals surface area contributed by atoms with Gasteiger partial charge in [0.2, 0.25) is 5.82 Å². The van der Waals surface area contributed by atoms with Crippen molar-refractivity contribution in [3.63, 3.8) is 0 Å². The molecule has 0 radical (unpaired) electrons. The number of hydrogen-bond donors (Lipinski definition) is 0. The molecule has 0 aliphatic carbocycles. The topological polar surface area (TPSA) is 105 Å². The number of esters is 1. The fourth-order valence-corrected chi connectivity index (χ4v) is 4.14. The summed E-state index contributed by atoms with van der Waals surface area (Å²) in [5, 5.41) is 5.82. The molecule has 0 atom stereocenters. The first kappa shape index (κ1) is 24.1. The van der Waals surface area contributed by atoms with Crippen molar-refractivity contribution in [1.29, 1.82) is 0 Å². The summed E-state index contributed by atoms with van der Waals surface area (Å²) in [4.78, 5) is 29.9. The predicted octanol–water partition coefficient (Wildman–Crippen LogP) is 5.29. The Bertz CT molecular complexity index is 1760. The summed E-state index contributed by atoms with van der Waals surface area (Å²) in [6.07, 6.45) is 1.34. The van der Waals surface area contributed by atoms with Gasteiger partial charge in [0.25, 0.3) is 5.56 Å². The first-order valence-electron chi connectivity index (χ1n) is 11.1. The third-order valence-electron chi connectivity index (χ3n) is 5.54. The molecule has 2 aromatic heterocycles. The monoisotopic (exact) mass is 517 g/mol. The van der Waals surface area contributed by atoms with Gasteiger partial charge >= 0.3 is 5.97 Å². The molecule has 0 spiro atoms. The van der Waals surface area contributed by atoms with Crippen LogP contribution in [0.2, 0.25) is 5.02 Å². The second-order valence-electron chi connectivity index (χ2n) is 7.92. The molecule has 9 nitrogen and oxygen atoms in total. The normalized spacial score (nSPS) is 11.4. The first-order valence-corrected chi connectivity index (χ1v) is 11.5. The van der Waals surface area contributed by atoms with Crippen LogP contribution in [0.25, 0.3) is 33.5 Å². The maximum Gasteiger partial charge on any atom is 0.308 e. The molecule has 5 rings (SSSR count). The number of hydrogen-bond acceptors (Lipinski definition) is 8. The van der Waals surface area contributed by atoms with Gasteiger partial charge in [-0.1, -0.05) is 29.8 Å². The van der Waals surface area contributed by atoms with Crippen LogP contribution in [0.4, 0.5) is 0 Å². The molecule has 0 fully saturated rings. The van der Waals surface area contributed by atoms with Crippen molar-refractivity contribution in [2.75, 3.05) is 14.2 Å². The largest absolute Gasteiger partial charge is 0.496 e. The Morgan fingerprint density at radius 2 is 1.81 bits per heavy atom. The summed E-state index contributed by atoms with van der Waals surface area (Å²) in [5.41, 5.74) is 0.930. The van der Waals surface area contributed by atoms with E-state index in [-0.39, 0.29) is 17.3 Å². The van der Waals surface area contributed by atoms with Crippen molar-refractivity contribution in [3.8, 4) is 28.8 Å². The smallest absolute Gasteiger partial charge is 0.308 e. The molecule has 2 heterocycles. The molecule has 0 saturated carbocycles. The molecule has 0 unspecified atom stereocenters. The Kier molecular flexibility index (Phi) is 6.37. The van der Waals surface area contributed by atoms with Gasteiger partial charge < -0.3 is 18.6 Å². The van der Waals surface area contributed by atoms with Crippen LogP contribution in [0.15, 0.2) is 75.0 Å². The van der Waals surface area contributed by atoms with Gasteiger partial charge in [-0.05, 0) is 36.4 Å². The number of nitrogens with zero attached hydrogens (tertiary/aromatic N) is 3. The summed E-state index contributed by atoms with van der Waals surface area (Å²) >= 11 is 6.24. The number of carbonyl (C=O) groups is 1. The number of fused-ring (bicyclic) bond motifs is 2. The number of benzene rings is 3. The standard InChI is InChI=1S/C27H20ClN3O6/c1-15(32)36-25-16(11-17(28)12-23(25)35-3)14-29-31-26(30-20-8-5-4-7-18(20)27(31)33)24-13-19-21(34-2)9-6-10-22(19)37-24/h4-14H,1-3H3. The van der Waals surface area contributed by atoms with Crippen molar-refractivity contribution in [1.82, 2.24) is 9.66 Å². The maximum absolute atomic E-state index is 13.5. The van der Waals surface area contributed by atoms with Gasteiger partial charge in [-0.2, -0.15) is 9.78 Å². The number of para-hydroxylation sites is 1. The van der Waals surface area contributed by atoms with Crippen LogP contribution in [0.5, 0.6) is 17.2 Å². The van der Waals surface area contributed by atoms with Crippen LogP contribution in [-0.2, 0) is 4.79 Å². The Balaban J connectivity index is 1.74. The van der Waals surface area contributed by atoms with Crippen LogP contribution in [0.3, 0.4) is 0 Å². The van der Waals surface area contributed by atoms with E-state index in [1.165, 1.54) is 32.4 Å². The SMILES string of the molecule is COc1cc(Cl)cc(C=Nn2c(-c3cc4c(OC)cccc4o3)nc3ccccc3c2=O)c1OC(C)=O. The summed E-state index contributed by atoms with van der Waals surface area (Å²) in [6.45, 7) is 1.26. The fraction of sp³-hybridized carbons (Fsp3) is 0.111. The molecule has 37 heavy (non-hydrogen) atoms. The van der Waals surface area contributed by atoms with E-state index < -0.39 is 11.5 Å². The molecular weight excluding hydrogens is 498 g/mol. The Morgan fingerprint density at radius 3 is 2.57 bits per heavy atom. The van der Waals surface area contributed by atoms with E-state index in [1.807, 2.05) is 6.07 Å². The third kappa shape index (κ3) is 4.52. The zero-order valence-corrected chi connectivity index (χ0v) is 20.8. The predicted molar refractivity (Wildman–Crippen MR) is 140 cm³/mol. The highest BCUT2D eigenvalue weighted by atomic mass is 35.5. The van der Waals surface area contributed by atoms with Crippen LogP contribution >= 0.6 is 11.6 Å². The lowest BCUT2D eigenvalue weighted by Crippen LogP contribution is -2.20. The lowest BCUT2D eigenvalue weighted by atomic mass is 10.2. The van der Waals surface area contributed by atoms with Crippen molar-refractivity contribution in [2.45, 2.75) is 6.92 Å². The summed E-state index contributed by atoms with van der Waals surface area (Å²) in [5.74, 6) is 0.877. The molecule has 0 N–H and O–H groups in total. The molecule has 0 amide bonds. The average molecular weight is 518 g/mol. The summed E-state index contributed by atoms with van der Waals surface area (Å²) in [6, 6.07) is 17.1. The number of methoxy groups -OCH3 is 2. The molecule has 0 saturated heterocycles. The average Bonchev–Trinajstić information content (AvgIpc) is 3.33. The van der Waals surface area contributed by atoms with Gasteiger partial charge in [-0.25, -0.2) is 4.98 Å². The zero-order chi connectivity index (χ0) is 26.1. The van der Waals surface area contributed by atoms with Crippen LogP contribution in [0.1, 0.15) is 12.5 Å². The highest BCUT2D eigenvalue weighted by Gasteiger charge is 2.19. The fourth-order valence-electron chi connectivity index (χ4n) is 3.92. The molecule has 0 aliphatic heterocycles. The molecule has 5 aromatic rings. The molecule has 186 valence electrons. The minimum Gasteiger partial charge on any atom is -0.496 e. The molecular formula is C27H20ClN3O6. The molecule has 3 aromatic carbocycles. The Labute approximate surface area is 215 Å². The summed E-state index contributed by atoms with van der Waals surface area (Å²) in [7, 11) is 2.99. The van der Waals surface area contributed by atoms with Crippen LogP contribution < -0.4 is 19.8 Å². The first-order chi connectivity index (χ1) is 17.9. The number of halogens is 1. The van der Waals surface area contributed by atoms with Gasteiger partial charge in [-0.3, -0.25) is 9.59 Å². The molecule has 0 aliphatic rings. The van der Waals surface area contributed by atoms with Gasteiger partial charge in [0.05, 0.1) is 36.7 Å². The van der Waals surface area contributed by atoms with Crippen molar-refractivity contribution in [2.24, 2.45) is 5.10 Å². The third-order valence-corrected chi connectivity index (χ3v) is 5.76. The van der Waals surface area contributed by atoms with Crippen LogP contribution in [0, 0.1) is 0 Å². The highest BCUT2D eigenvalue weighted by molar-refractivity contribution is 6.31. The van der Waals surface area contributed by atoms with Gasteiger partial charge in [0.15, 0.2) is 17.3 Å². The van der Waals surface area contributed by atoms with Crippen molar-refractivity contribution < 1.29 is 23.4 Å². The zero-order valence-electron chi connectivity index (χ0n) is 20.0. The van der Waals surface area contributed by atoms with E-state index in [0.717, 1.165) is 10.1 Å². The van der Waals surface area contributed by atoms with Gasteiger partial charge in [0, 0.05) is 23.6 Å². The van der Waals surface area contributed by atoms with E-state index in [1.54, 1.807) is 49.6 Å². The van der Waals surface area contributed by atoms with Crippen LogP contribution in [-0.4, -0.2) is 36.1 Å². The van der Waals surface area contributed by atoms with Gasteiger partial charge in [0.1, 0.15) is 11.3 Å². The Hall–Kier alpha value is -4.63. The number of ether oxygens (including phenoxy) is 3. The van der Waals surface area contributed by atoms with E-state index in [9.17, 15) is 9.59 Å². The minimum absolute atomic E-state index is 0.111. The number of furan rings is 1. The lowest BCUT2D eigenvalue weighted by molar-refractivity contribution is -0.132. The van der Waals surface area contributed by atoms with E-state index in [4.69, 9.17) is 30.2 Å². The number of carbonyl (C=O) groups excluding carboxylic acids is 1. The van der Waals surface area contributed by atoms with E-state index >= 15 is 0 Å². The van der Waals surface area contributed by atoms with Crippen molar-refractivity contribution in [3.05, 3.63) is 81.6 Å². The van der Waals surface area contributed by atoms with Crippen molar-refractivity contribution >= 4 is 45.7 Å². The lowest BCUT2D eigenvalue weighted by Gasteiger charge is -2.12. The van der Waals surface area contributed by atoms with E-state index in [0.29, 0.717) is 38.6 Å². The second kappa shape index (κ2) is 9.79. The molecule has 10 heteroatoms. The molecule has 0 bridgehead atoms.